The first-order valence-electron chi connectivity index (χ1n) is 8.55. The SMILES string of the molecule is C#CCCC1(CCNC(=O)CC2Sc3ccc(C(F)(F)F)cc3NC2=O)N=N1. The molecule has 148 valence electrons. The van der Waals surface area contributed by atoms with Crippen molar-refractivity contribution in [3.05, 3.63) is 23.8 Å². The van der Waals surface area contributed by atoms with E-state index < -0.39 is 28.6 Å². The maximum Gasteiger partial charge on any atom is 0.416 e. The van der Waals surface area contributed by atoms with E-state index in [0.29, 0.717) is 30.7 Å². The van der Waals surface area contributed by atoms with Crippen LogP contribution in [0.5, 0.6) is 0 Å². The van der Waals surface area contributed by atoms with Crippen LogP contribution in [0, 0.1) is 12.3 Å². The van der Waals surface area contributed by atoms with E-state index in [1.54, 1.807) is 0 Å². The molecule has 2 N–H and O–H groups in total. The highest BCUT2D eigenvalue weighted by Crippen LogP contribution is 2.40. The quantitative estimate of drug-likeness (QED) is 0.674. The second-order valence-corrected chi connectivity index (χ2v) is 7.74. The molecular weight excluding hydrogens is 393 g/mol. The lowest BCUT2D eigenvalue weighted by molar-refractivity contribution is -0.137. The molecule has 0 radical (unpaired) electrons. The van der Waals surface area contributed by atoms with Gasteiger partial charge in [-0.05, 0) is 18.2 Å². The number of carbonyl (C=O) groups excluding carboxylic acids is 2. The normalized spacial score (nSPS) is 19.4. The monoisotopic (exact) mass is 410 g/mol. The summed E-state index contributed by atoms with van der Waals surface area (Å²) in [6.45, 7) is 0.348. The van der Waals surface area contributed by atoms with E-state index in [-0.39, 0.29) is 18.0 Å². The van der Waals surface area contributed by atoms with Gasteiger partial charge in [0.15, 0.2) is 5.66 Å². The van der Waals surface area contributed by atoms with Crippen LogP contribution in [-0.2, 0) is 15.8 Å². The minimum atomic E-state index is -4.49. The van der Waals surface area contributed by atoms with Gasteiger partial charge in [0.1, 0.15) is 0 Å². The number of terminal acetylenes is 1. The Morgan fingerprint density at radius 1 is 1.36 bits per heavy atom. The van der Waals surface area contributed by atoms with Gasteiger partial charge < -0.3 is 10.6 Å². The van der Waals surface area contributed by atoms with Crippen molar-refractivity contribution in [2.24, 2.45) is 10.2 Å². The molecule has 0 spiro atoms. The Morgan fingerprint density at radius 2 is 2.11 bits per heavy atom. The van der Waals surface area contributed by atoms with Crippen molar-refractivity contribution < 1.29 is 22.8 Å². The van der Waals surface area contributed by atoms with Crippen LogP contribution >= 0.6 is 11.8 Å². The summed E-state index contributed by atoms with van der Waals surface area (Å²) in [7, 11) is 0. The third-order valence-electron chi connectivity index (χ3n) is 4.40. The standard InChI is InChI=1S/C18H17F3N4O2S/c1-2-3-6-17(24-25-17)7-8-22-15(26)10-14-16(27)23-12-9-11(18(19,20)21)4-5-13(12)28-14/h1,4-5,9,14H,3,6-8,10H2,(H,22,26)(H,23,27). The fourth-order valence-corrected chi connectivity index (χ4v) is 3.86. The Bertz CT molecular complexity index is 857. The molecule has 2 amide bonds. The van der Waals surface area contributed by atoms with Crippen molar-refractivity contribution in [2.75, 3.05) is 11.9 Å². The summed E-state index contributed by atoms with van der Waals surface area (Å²) < 4.78 is 38.4. The van der Waals surface area contributed by atoms with Crippen molar-refractivity contribution in [1.82, 2.24) is 5.32 Å². The Hall–Kier alpha value is -2.54. The van der Waals surface area contributed by atoms with Crippen molar-refractivity contribution in [1.29, 1.82) is 0 Å². The molecule has 1 aromatic rings. The smallest absolute Gasteiger partial charge is 0.356 e. The zero-order valence-electron chi connectivity index (χ0n) is 14.7. The van der Waals surface area contributed by atoms with Gasteiger partial charge in [-0.1, -0.05) is 0 Å². The highest BCUT2D eigenvalue weighted by molar-refractivity contribution is 8.01. The number of benzene rings is 1. The van der Waals surface area contributed by atoms with Gasteiger partial charge in [0.2, 0.25) is 11.8 Å². The van der Waals surface area contributed by atoms with Gasteiger partial charge in [-0.3, -0.25) is 9.59 Å². The second kappa shape index (κ2) is 7.83. The molecule has 0 bridgehead atoms. The average Bonchev–Trinajstić information content (AvgIpc) is 3.39. The third kappa shape index (κ3) is 4.84. The molecule has 2 aliphatic heterocycles. The summed E-state index contributed by atoms with van der Waals surface area (Å²) in [5, 5.41) is 12.4. The number of fused-ring (bicyclic) bond motifs is 1. The minimum absolute atomic E-state index is 0.0808. The number of rotatable bonds is 7. The first-order valence-corrected chi connectivity index (χ1v) is 9.43. The first-order chi connectivity index (χ1) is 13.2. The summed E-state index contributed by atoms with van der Waals surface area (Å²) in [6.07, 6.45) is 2.38. The number of hydrogen-bond donors (Lipinski definition) is 2. The van der Waals surface area contributed by atoms with Crippen LogP contribution in [0.25, 0.3) is 0 Å². The fourth-order valence-electron chi connectivity index (χ4n) is 2.77. The van der Waals surface area contributed by atoms with Gasteiger partial charge in [0, 0.05) is 37.1 Å². The lowest BCUT2D eigenvalue weighted by Crippen LogP contribution is -2.36. The predicted molar refractivity (Wildman–Crippen MR) is 97.6 cm³/mol. The highest BCUT2D eigenvalue weighted by Gasteiger charge is 2.39. The molecule has 0 fully saturated rings. The molecule has 1 aromatic carbocycles. The maximum atomic E-state index is 12.8. The molecule has 2 aliphatic rings. The van der Waals surface area contributed by atoms with Gasteiger partial charge in [0.25, 0.3) is 0 Å². The van der Waals surface area contributed by atoms with Crippen molar-refractivity contribution in [3.8, 4) is 12.3 Å². The van der Waals surface area contributed by atoms with Gasteiger partial charge in [-0.2, -0.15) is 23.4 Å². The average molecular weight is 410 g/mol. The Kier molecular flexibility index (Phi) is 5.65. The number of hydrogen-bond acceptors (Lipinski definition) is 5. The van der Waals surface area contributed by atoms with Crippen LogP contribution < -0.4 is 10.6 Å². The number of anilines is 1. The molecule has 6 nitrogen and oxygen atoms in total. The predicted octanol–water partition coefficient (Wildman–Crippen LogP) is 3.59. The number of amides is 2. The van der Waals surface area contributed by atoms with Gasteiger partial charge in [0.05, 0.1) is 16.5 Å². The van der Waals surface area contributed by atoms with Crippen molar-refractivity contribution >= 4 is 29.3 Å². The van der Waals surface area contributed by atoms with E-state index in [0.717, 1.165) is 23.9 Å². The maximum absolute atomic E-state index is 12.8. The van der Waals surface area contributed by atoms with E-state index in [1.807, 2.05) is 0 Å². The summed E-state index contributed by atoms with van der Waals surface area (Å²) in [6, 6.07) is 3.16. The lowest BCUT2D eigenvalue weighted by atomic mass is 10.0. The molecule has 2 heterocycles. The van der Waals surface area contributed by atoms with E-state index in [1.165, 1.54) is 6.07 Å². The van der Waals surface area contributed by atoms with Crippen LogP contribution in [0.3, 0.4) is 0 Å². The first kappa shape index (κ1) is 20.2. The van der Waals surface area contributed by atoms with Crippen LogP contribution in [0.4, 0.5) is 18.9 Å². The molecule has 0 aromatic heterocycles. The molecular formula is C18H17F3N4O2S. The van der Waals surface area contributed by atoms with Crippen LogP contribution in [-0.4, -0.2) is 29.3 Å². The second-order valence-electron chi connectivity index (χ2n) is 6.50. The molecule has 10 heteroatoms. The number of thioether (sulfide) groups is 1. The number of nitrogens with one attached hydrogen (secondary N) is 2. The number of halogens is 3. The Labute approximate surface area is 163 Å². The zero-order valence-corrected chi connectivity index (χ0v) is 15.5. The Morgan fingerprint density at radius 3 is 2.75 bits per heavy atom. The van der Waals surface area contributed by atoms with E-state index in [9.17, 15) is 22.8 Å². The largest absolute Gasteiger partial charge is 0.416 e. The fraction of sp³-hybridized carbons (Fsp3) is 0.444. The third-order valence-corrected chi connectivity index (χ3v) is 5.67. The summed E-state index contributed by atoms with van der Waals surface area (Å²) in [5.41, 5.74) is -1.22. The van der Waals surface area contributed by atoms with Crippen LogP contribution in [0.2, 0.25) is 0 Å². The van der Waals surface area contributed by atoms with Crippen molar-refractivity contribution in [3.63, 3.8) is 0 Å². The molecule has 0 aliphatic carbocycles. The molecule has 28 heavy (non-hydrogen) atoms. The summed E-state index contributed by atoms with van der Waals surface area (Å²) in [4.78, 5) is 24.8. The van der Waals surface area contributed by atoms with Crippen LogP contribution in [0.1, 0.15) is 31.2 Å². The van der Waals surface area contributed by atoms with Gasteiger partial charge in [-0.15, -0.1) is 24.1 Å². The molecule has 1 unspecified atom stereocenters. The van der Waals surface area contributed by atoms with E-state index >= 15 is 0 Å². The molecule has 0 saturated heterocycles. The number of alkyl halides is 3. The lowest BCUT2D eigenvalue weighted by Gasteiger charge is -2.24. The molecule has 0 saturated carbocycles. The van der Waals surface area contributed by atoms with E-state index in [2.05, 4.69) is 26.8 Å². The zero-order chi connectivity index (χ0) is 20.4. The summed E-state index contributed by atoms with van der Waals surface area (Å²) >= 11 is 1.08. The molecule has 1 atom stereocenters. The Balaban J connectivity index is 1.51. The van der Waals surface area contributed by atoms with Crippen LogP contribution in [0.15, 0.2) is 33.3 Å². The molecule has 3 rings (SSSR count). The summed E-state index contributed by atoms with van der Waals surface area (Å²) in [5.74, 6) is 1.71. The van der Waals surface area contributed by atoms with Crippen molar-refractivity contribution in [2.45, 2.75) is 47.7 Å². The number of carbonyl (C=O) groups is 2. The van der Waals surface area contributed by atoms with Gasteiger partial charge >= 0.3 is 6.18 Å². The highest BCUT2D eigenvalue weighted by atomic mass is 32.2. The topological polar surface area (TPSA) is 82.9 Å². The van der Waals surface area contributed by atoms with E-state index in [4.69, 9.17) is 6.42 Å². The van der Waals surface area contributed by atoms with Gasteiger partial charge in [-0.25, -0.2) is 0 Å². The number of nitrogens with zero attached hydrogens (tertiary/aromatic N) is 2. The minimum Gasteiger partial charge on any atom is -0.356 e.